The molecule has 2 unspecified atom stereocenters. The van der Waals surface area contributed by atoms with Gasteiger partial charge < -0.3 is 5.32 Å². The lowest BCUT2D eigenvalue weighted by atomic mass is 10.0. The van der Waals surface area contributed by atoms with Crippen LogP contribution in [0.4, 0.5) is 0 Å². The molecule has 3 nitrogen and oxygen atoms in total. The molecule has 1 saturated heterocycles. The van der Waals surface area contributed by atoms with Crippen LogP contribution in [-0.2, 0) is 21.2 Å². The van der Waals surface area contributed by atoms with Crippen molar-refractivity contribution in [3.63, 3.8) is 0 Å². The number of hydrogen-bond acceptors (Lipinski definition) is 3. The van der Waals surface area contributed by atoms with Gasteiger partial charge in [0, 0.05) is 12.1 Å². The molecule has 1 fully saturated rings. The summed E-state index contributed by atoms with van der Waals surface area (Å²) in [4.78, 5) is 1.04. The summed E-state index contributed by atoms with van der Waals surface area (Å²) in [6, 6.07) is 0.179. The fourth-order valence-electron chi connectivity index (χ4n) is 2.22. The van der Waals surface area contributed by atoms with Crippen molar-refractivity contribution in [3.8, 4) is 0 Å². The number of sulfone groups is 1. The first kappa shape index (κ1) is 12.9. The Labute approximate surface area is 107 Å². The van der Waals surface area contributed by atoms with Gasteiger partial charge >= 0.3 is 4.20 Å². The molecule has 2 rings (SSSR count). The van der Waals surface area contributed by atoms with Crippen LogP contribution in [0, 0.1) is 0 Å². The van der Waals surface area contributed by atoms with Gasteiger partial charge in [0.25, 0.3) is 0 Å². The molecule has 0 spiro atoms. The molecule has 2 aliphatic rings. The molecule has 0 aliphatic carbocycles. The predicted octanol–water partition coefficient (Wildman–Crippen LogP) is 1.23. The number of fused-ring (bicyclic) bond motifs is 1. The van der Waals surface area contributed by atoms with E-state index in [9.17, 15) is 8.42 Å². The number of nitrogens with one attached hydrogen (secondary N) is 1. The quantitative estimate of drug-likeness (QED) is 0.607. The molecule has 17 heavy (non-hydrogen) atoms. The van der Waals surface area contributed by atoms with Crippen LogP contribution in [0.1, 0.15) is 27.2 Å². The van der Waals surface area contributed by atoms with Gasteiger partial charge in [-0.3, -0.25) is 0 Å². The molecule has 94 valence electrons. The number of rotatable bonds is 2. The van der Waals surface area contributed by atoms with Crippen molar-refractivity contribution in [1.29, 1.82) is 0 Å². The largest absolute Gasteiger partial charge is 0.326 e. The summed E-state index contributed by atoms with van der Waals surface area (Å²) in [5.74, 6) is 0. The van der Waals surface area contributed by atoms with Gasteiger partial charge in [-0.2, -0.15) is 0 Å². The van der Waals surface area contributed by atoms with E-state index in [-0.39, 0.29) is 11.3 Å². The minimum atomic E-state index is -3.10. The molecule has 0 amide bonds. The second kappa shape index (κ2) is 4.63. The second-order valence-electron chi connectivity index (χ2n) is 4.38. The molecule has 0 aromatic heterocycles. The lowest BCUT2D eigenvalue weighted by Gasteiger charge is -2.26. The number of allylic oxidation sites excluding steroid dienone is 2. The molecular weight excluding hydrogens is 254 g/mol. The van der Waals surface area contributed by atoms with E-state index in [1.165, 1.54) is 11.4 Å². The summed E-state index contributed by atoms with van der Waals surface area (Å²) in [7, 11) is -3.10. The van der Waals surface area contributed by atoms with Crippen molar-refractivity contribution in [2.75, 3.05) is 6.54 Å². The third kappa shape index (κ3) is 2.11. The Morgan fingerprint density at radius 1 is 1.59 bits per heavy atom. The van der Waals surface area contributed by atoms with Gasteiger partial charge in [-0.15, -0.1) is 0 Å². The minimum Gasteiger partial charge on any atom is -0.310 e. The van der Waals surface area contributed by atoms with Crippen LogP contribution >= 0.6 is 0 Å². The van der Waals surface area contributed by atoms with Gasteiger partial charge in [0.05, 0.1) is 10.8 Å². The van der Waals surface area contributed by atoms with E-state index in [0.717, 1.165) is 17.0 Å². The zero-order valence-electron chi connectivity index (χ0n) is 10.4. The number of likely N-dealkylation sites (N-methyl/N-ethyl adjacent to an activating group) is 1. The monoisotopic (exact) mass is 272 g/mol. The van der Waals surface area contributed by atoms with Crippen molar-refractivity contribution < 1.29 is 8.42 Å². The zero-order chi connectivity index (χ0) is 12.6. The van der Waals surface area contributed by atoms with Crippen LogP contribution in [0.3, 0.4) is 0 Å². The molecular formula is C12H18NO2S2+. The van der Waals surface area contributed by atoms with E-state index < -0.39 is 9.84 Å². The minimum absolute atomic E-state index is 0.179. The zero-order valence-corrected chi connectivity index (χ0v) is 12.0. The van der Waals surface area contributed by atoms with E-state index in [4.69, 9.17) is 0 Å². The highest BCUT2D eigenvalue weighted by Gasteiger charge is 2.48. The van der Waals surface area contributed by atoms with Crippen LogP contribution in [0.5, 0.6) is 0 Å². The third-order valence-electron chi connectivity index (χ3n) is 3.21. The highest BCUT2D eigenvalue weighted by molar-refractivity contribution is 8.18. The Morgan fingerprint density at radius 2 is 2.29 bits per heavy atom. The Morgan fingerprint density at radius 3 is 2.88 bits per heavy atom. The van der Waals surface area contributed by atoms with E-state index in [1.807, 2.05) is 26.0 Å². The van der Waals surface area contributed by atoms with E-state index in [2.05, 4.69) is 5.32 Å². The Balaban J connectivity index is 2.48. The molecule has 1 N–H and O–H groups in total. The SMILES string of the molecule is CC=C1C=C2C(=[S+]1)S(=O)(=O)C(C)CC2NCC. The second-order valence-corrected chi connectivity index (χ2v) is 8.03. The van der Waals surface area contributed by atoms with Gasteiger partial charge in [0.2, 0.25) is 26.1 Å². The summed E-state index contributed by atoms with van der Waals surface area (Å²) in [5, 5.41) is 3.09. The van der Waals surface area contributed by atoms with Crippen LogP contribution in [0.2, 0.25) is 0 Å². The van der Waals surface area contributed by atoms with Gasteiger partial charge in [-0.1, -0.05) is 6.92 Å². The molecule has 0 aromatic carbocycles. The predicted molar refractivity (Wildman–Crippen MR) is 74.7 cm³/mol. The smallest absolute Gasteiger partial charge is 0.310 e. The topological polar surface area (TPSA) is 46.2 Å². The highest BCUT2D eigenvalue weighted by Crippen LogP contribution is 2.31. The highest BCUT2D eigenvalue weighted by atomic mass is 32.2. The first-order valence-corrected chi connectivity index (χ1v) is 8.27. The average Bonchev–Trinajstić information content (AvgIpc) is 2.71. The third-order valence-corrected chi connectivity index (χ3v) is 7.17. The summed E-state index contributed by atoms with van der Waals surface area (Å²) in [5.41, 5.74) is 0.961. The van der Waals surface area contributed by atoms with Crippen molar-refractivity contribution >= 4 is 25.4 Å². The standard InChI is InChI=1S/C12H18NO2S2/c1-4-9-7-10-11(13-5-2)6-8(3)17(14,15)12(10)16-9/h4,7-8,11,13H,5-6H2,1-3H3/q+1. The molecule has 2 heterocycles. The maximum absolute atomic E-state index is 12.3. The van der Waals surface area contributed by atoms with Crippen molar-refractivity contribution in [1.82, 2.24) is 5.32 Å². The van der Waals surface area contributed by atoms with Crippen LogP contribution in [0.15, 0.2) is 22.6 Å². The fourth-order valence-corrected chi connectivity index (χ4v) is 5.65. The van der Waals surface area contributed by atoms with Gasteiger partial charge in [-0.05, 0) is 32.9 Å². The summed E-state index contributed by atoms with van der Waals surface area (Å²) >= 11 is 1.39. The van der Waals surface area contributed by atoms with Gasteiger partial charge in [0.15, 0.2) is 0 Å². The summed E-state index contributed by atoms with van der Waals surface area (Å²) in [6.07, 6.45) is 4.64. The van der Waals surface area contributed by atoms with E-state index >= 15 is 0 Å². The lowest BCUT2D eigenvalue weighted by Crippen LogP contribution is -2.45. The molecule has 2 atom stereocenters. The molecule has 0 radical (unpaired) electrons. The first-order chi connectivity index (χ1) is 8.00. The molecule has 0 saturated carbocycles. The van der Waals surface area contributed by atoms with E-state index in [0.29, 0.717) is 10.6 Å². The Kier molecular flexibility index (Phi) is 3.52. The van der Waals surface area contributed by atoms with Crippen LogP contribution in [-0.4, -0.2) is 30.5 Å². The Bertz CT molecular complexity index is 515. The van der Waals surface area contributed by atoms with Gasteiger partial charge in [0.1, 0.15) is 0 Å². The van der Waals surface area contributed by atoms with Crippen molar-refractivity contribution in [2.24, 2.45) is 0 Å². The van der Waals surface area contributed by atoms with Gasteiger partial charge in [-0.25, -0.2) is 8.42 Å². The maximum atomic E-state index is 12.3. The summed E-state index contributed by atoms with van der Waals surface area (Å²) in [6.45, 7) is 6.65. The summed E-state index contributed by atoms with van der Waals surface area (Å²) < 4.78 is 25.1. The molecule has 0 bridgehead atoms. The van der Waals surface area contributed by atoms with Crippen molar-refractivity contribution in [3.05, 3.63) is 22.6 Å². The Hall–Kier alpha value is -0.520. The van der Waals surface area contributed by atoms with E-state index in [1.54, 1.807) is 6.92 Å². The number of hydrogen-bond donors (Lipinski definition) is 1. The average molecular weight is 272 g/mol. The lowest BCUT2D eigenvalue weighted by molar-refractivity contribution is 0.529. The molecule has 0 aromatic rings. The first-order valence-electron chi connectivity index (χ1n) is 5.91. The van der Waals surface area contributed by atoms with Crippen molar-refractivity contribution in [2.45, 2.75) is 38.5 Å². The van der Waals surface area contributed by atoms with Crippen LogP contribution in [0.25, 0.3) is 0 Å². The maximum Gasteiger partial charge on any atom is 0.326 e. The normalized spacial score (nSPS) is 33.2. The van der Waals surface area contributed by atoms with Crippen LogP contribution < -0.4 is 5.32 Å². The molecule has 2 aliphatic heterocycles. The fraction of sp³-hybridized carbons (Fsp3) is 0.583. The molecule has 5 heteroatoms.